The van der Waals surface area contributed by atoms with Gasteiger partial charge in [-0.15, -0.1) is 0 Å². The fourth-order valence-electron chi connectivity index (χ4n) is 1.78. The van der Waals surface area contributed by atoms with E-state index in [-0.39, 0.29) is 11.5 Å². The first-order chi connectivity index (χ1) is 7.54. The predicted octanol–water partition coefficient (Wildman–Crippen LogP) is 0.631. The Kier molecular flexibility index (Phi) is 2.71. The molecule has 0 saturated heterocycles. The summed E-state index contributed by atoms with van der Waals surface area (Å²) in [5, 5.41) is 4.10. The minimum atomic E-state index is -0.377. The van der Waals surface area contributed by atoms with Crippen LogP contribution in [0.25, 0.3) is 0 Å². The fraction of sp³-hybridized carbons (Fsp3) is 0.636. The van der Waals surface area contributed by atoms with Gasteiger partial charge in [0.15, 0.2) is 5.69 Å². The van der Waals surface area contributed by atoms with Crippen LogP contribution in [0, 0.1) is 0 Å². The highest BCUT2D eigenvalue weighted by Gasteiger charge is 2.37. The molecule has 1 heterocycles. The van der Waals surface area contributed by atoms with Crippen LogP contribution in [0.1, 0.15) is 35.3 Å². The van der Waals surface area contributed by atoms with Crippen LogP contribution in [0.3, 0.4) is 0 Å². The molecule has 5 nitrogen and oxygen atoms in total. The van der Waals surface area contributed by atoms with Crippen LogP contribution in [-0.2, 0) is 18.2 Å². The Labute approximate surface area is 94.6 Å². The maximum absolute atomic E-state index is 11.5. The molecule has 0 radical (unpaired) electrons. The average Bonchev–Trinajstić information content (AvgIpc) is 2.87. The van der Waals surface area contributed by atoms with Crippen molar-refractivity contribution < 1.29 is 9.53 Å². The fourth-order valence-corrected chi connectivity index (χ4v) is 1.78. The Morgan fingerprint density at radius 2 is 2.38 bits per heavy atom. The van der Waals surface area contributed by atoms with Gasteiger partial charge in [-0.05, 0) is 25.7 Å². The van der Waals surface area contributed by atoms with Crippen molar-refractivity contribution in [3.8, 4) is 0 Å². The van der Waals surface area contributed by atoms with Crippen molar-refractivity contribution in [3.63, 3.8) is 0 Å². The molecule has 1 aromatic heterocycles. The first-order valence-electron chi connectivity index (χ1n) is 5.44. The summed E-state index contributed by atoms with van der Waals surface area (Å²) in [6, 6.07) is 0. The zero-order valence-electron chi connectivity index (χ0n) is 9.69. The molecule has 2 rings (SSSR count). The number of hydrogen-bond donors (Lipinski definition) is 1. The largest absolute Gasteiger partial charge is 0.464 e. The summed E-state index contributed by atoms with van der Waals surface area (Å²) in [6.07, 6.45) is 5.72. The van der Waals surface area contributed by atoms with Crippen LogP contribution in [0.15, 0.2) is 6.20 Å². The van der Waals surface area contributed by atoms with E-state index in [1.165, 1.54) is 7.11 Å². The van der Waals surface area contributed by atoms with E-state index in [2.05, 4.69) is 5.10 Å². The lowest BCUT2D eigenvalue weighted by molar-refractivity contribution is 0.0592. The van der Waals surface area contributed by atoms with Crippen LogP contribution in [0.4, 0.5) is 0 Å². The van der Waals surface area contributed by atoms with Crippen LogP contribution in [0.5, 0.6) is 0 Å². The molecular weight excluding hydrogens is 206 g/mol. The lowest BCUT2D eigenvalue weighted by Crippen LogP contribution is -2.22. The summed E-state index contributed by atoms with van der Waals surface area (Å²) < 4.78 is 6.33. The number of aryl methyl sites for hydroxylation is 2. The normalized spacial score (nSPS) is 17.2. The highest BCUT2D eigenvalue weighted by molar-refractivity contribution is 5.88. The Morgan fingerprint density at radius 1 is 1.69 bits per heavy atom. The Balaban J connectivity index is 2.09. The highest BCUT2D eigenvalue weighted by atomic mass is 16.5. The van der Waals surface area contributed by atoms with Crippen LogP contribution >= 0.6 is 0 Å². The molecule has 0 bridgehead atoms. The quantitative estimate of drug-likeness (QED) is 0.760. The molecule has 5 heteroatoms. The molecule has 0 spiro atoms. The monoisotopic (exact) mass is 223 g/mol. The SMILES string of the molecule is COC(=O)c1nn(C)cc1CCC1(N)CC1. The molecule has 2 N–H and O–H groups in total. The molecule has 0 unspecified atom stereocenters. The second kappa shape index (κ2) is 3.90. The van der Waals surface area contributed by atoms with Crippen molar-refractivity contribution in [3.05, 3.63) is 17.5 Å². The molecule has 88 valence electrons. The van der Waals surface area contributed by atoms with Crippen LogP contribution < -0.4 is 5.73 Å². The van der Waals surface area contributed by atoms with E-state index >= 15 is 0 Å². The minimum absolute atomic E-state index is 0.00321. The molecular formula is C11H17N3O2. The van der Waals surface area contributed by atoms with E-state index in [4.69, 9.17) is 10.5 Å². The maximum atomic E-state index is 11.5. The van der Waals surface area contributed by atoms with Crippen molar-refractivity contribution in [2.45, 2.75) is 31.2 Å². The zero-order valence-corrected chi connectivity index (χ0v) is 9.69. The molecule has 0 atom stereocenters. The van der Waals surface area contributed by atoms with Gasteiger partial charge in [0.1, 0.15) is 0 Å². The predicted molar refractivity (Wildman–Crippen MR) is 59.0 cm³/mol. The van der Waals surface area contributed by atoms with E-state index in [1.54, 1.807) is 11.7 Å². The number of aromatic nitrogens is 2. The summed E-state index contributed by atoms with van der Waals surface area (Å²) in [5.74, 6) is -0.377. The molecule has 16 heavy (non-hydrogen) atoms. The van der Waals surface area contributed by atoms with Crippen LogP contribution in [-0.4, -0.2) is 28.4 Å². The van der Waals surface area contributed by atoms with E-state index in [0.717, 1.165) is 31.2 Å². The molecule has 1 fully saturated rings. The van der Waals surface area contributed by atoms with Gasteiger partial charge in [-0.25, -0.2) is 4.79 Å². The Bertz CT molecular complexity index is 407. The molecule has 0 aliphatic heterocycles. The van der Waals surface area contributed by atoms with Gasteiger partial charge in [-0.1, -0.05) is 0 Å². The van der Waals surface area contributed by atoms with E-state index < -0.39 is 0 Å². The average molecular weight is 223 g/mol. The summed E-state index contributed by atoms with van der Waals surface area (Å²) >= 11 is 0. The third-order valence-corrected chi connectivity index (χ3v) is 3.07. The minimum Gasteiger partial charge on any atom is -0.464 e. The number of hydrogen-bond acceptors (Lipinski definition) is 4. The number of methoxy groups -OCH3 is 1. The number of carbonyl (C=O) groups excluding carboxylic acids is 1. The topological polar surface area (TPSA) is 70.1 Å². The third kappa shape index (κ3) is 2.24. The molecule has 0 aromatic carbocycles. The van der Waals surface area contributed by atoms with Gasteiger partial charge >= 0.3 is 5.97 Å². The van der Waals surface area contributed by atoms with Crippen LogP contribution in [0.2, 0.25) is 0 Å². The van der Waals surface area contributed by atoms with Gasteiger partial charge in [0.2, 0.25) is 0 Å². The smallest absolute Gasteiger partial charge is 0.358 e. The Hall–Kier alpha value is -1.36. The lowest BCUT2D eigenvalue weighted by atomic mass is 10.1. The zero-order chi connectivity index (χ0) is 11.8. The third-order valence-electron chi connectivity index (χ3n) is 3.07. The van der Waals surface area contributed by atoms with E-state index in [9.17, 15) is 4.79 Å². The summed E-state index contributed by atoms with van der Waals surface area (Å²) in [4.78, 5) is 11.5. The summed E-state index contributed by atoms with van der Waals surface area (Å²) in [7, 11) is 3.16. The van der Waals surface area contributed by atoms with Gasteiger partial charge in [-0.2, -0.15) is 5.10 Å². The van der Waals surface area contributed by atoms with E-state index in [0.29, 0.717) is 5.69 Å². The van der Waals surface area contributed by atoms with Gasteiger partial charge < -0.3 is 10.5 Å². The second-order valence-electron chi connectivity index (χ2n) is 4.53. The number of carbonyl (C=O) groups is 1. The van der Waals surface area contributed by atoms with Crippen molar-refractivity contribution in [1.29, 1.82) is 0 Å². The number of nitrogens with zero attached hydrogens (tertiary/aromatic N) is 2. The van der Waals surface area contributed by atoms with Gasteiger partial charge in [0.25, 0.3) is 0 Å². The molecule has 1 aliphatic rings. The number of esters is 1. The number of rotatable bonds is 4. The standard InChI is InChI=1S/C11H17N3O2/c1-14-7-8(3-4-11(12)5-6-11)9(13-14)10(15)16-2/h7H,3-6,12H2,1-2H3. The maximum Gasteiger partial charge on any atom is 0.358 e. The van der Waals surface area contributed by atoms with Gasteiger partial charge in [-0.3, -0.25) is 4.68 Å². The Morgan fingerprint density at radius 3 is 2.94 bits per heavy atom. The van der Waals surface area contributed by atoms with Gasteiger partial charge in [0, 0.05) is 24.3 Å². The molecule has 1 aromatic rings. The summed E-state index contributed by atoms with van der Waals surface area (Å²) in [5.41, 5.74) is 7.35. The lowest BCUT2D eigenvalue weighted by Gasteiger charge is -2.07. The summed E-state index contributed by atoms with van der Waals surface area (Å²) in [6.45, 7) is 0. The van der Waals surface area contributed by atoms with Gasteiger partial charge in [0.05, 0.1) is 7.11 Å². The van der Waals surface area contributed by atoms with E-state index in [1.807, 2.05) is 6.20 Å². The molecule has 0 amide bonds. The number of ether oxygens (including phenoxy) is 1. The molecule has 1 aliphatic carbocycles. The van der Waals surface area contributed by atoms with Crippen molar-refractivity contribution in [1.82, 2.24) is 9.78 Å². The first-order valence-corrected chi connectivity index (χ1v) is 5.44. The van der Waals surface area contributed by atoms with Crippen molar-refractivity contribution in [2.24, 2.45) is 12.8 Å². The first kappa shape index (κ1) is 11.1. The van der Waals surface area contributed by atoms with Crippen molar-refractivity contribution in [2.75, 3.05) is 7.11 Å². The number of nitrogens with two attached hydrogens (primary N) is 1. The molecule has 1 saturated carbocycles. The highest BCUT2D eigenvalue weighted by Crippen LogP contribution is 2.36. The second-order valence-corrected chi connectivity index (χ2v) is 4.53. The van der Waals surface area contributed by atoms with Crippen molar-refractivity contribution >= 4 is 5.97 Å².